The molecule has 0 atom stereocenters. The van der Waals surface area contributed by atoms with Gasteiger partial charge in [0.15, 0.2) is 16.4 Å². The lowest BCUT2D eigenvalue weighted by Crippen LogP contribution is -2.18. The van der Waals surface area contributed by atoms with Gasteiger partial charge in [0.2, 0.25) is 11.5 Å². The van der Waals surface area contributed by atoms with Gasteiger partial charge in [0, 0.05) is 17.5 Å². The summed E-state index contributed by atoms with van der Waals surface area (Å²) in [5, 5.41) is 20.2. The number of aromatic nitrogens is 1. The fraction of sp³-hybridized carbons (Fsp3) is 0.378. The number of carbonyl (C=O) groups is 2. The molecule has 11 nitrogen and oxygen atoms in total. The van der Waals surface area contributed by atoms with E-state index >= 15 is 0 Å². The summed E-state index contributed by atoms with van der Waals surface area (Å²) in [4.78, 5) is 63.2. The van der Waals surface area contributed by atoms with Crippen molar-refractivity contribution in [3.63, 3.8) is 0 Å². The number of aromatic hydroxyl groups is 1. The Hall–Kier alpha value is -5.19. The van der Waals surface area contributed by atoms with Crippen molar-refractivity contribution >= 4 is 44.8 Å². The molecule has 0 aliphatic heterocycles. The lowest BCUT2D eigenvalue weighted by atomic mass is 9.84. The van der Waals surface area contributed by atoms with Gasteiger partial charge in [-0.15, -0.1) is 0 Å². The minimum Gasteiger partial charge on any atom is -0.507 e. The van der Waals surface area contributed by atoms with Crippen LogP contribution in [0.15, 0.2) is 47.5 Å². The number of benzene rings is 2. The Kier molecular flexibility index (Phi) is 9.88. The second kappa shape index (κ2) is 13.9. The molecule has 5 aromatic rings. The molecule has 0 fully saturated rings. The van der Waals surface area contributed by atoms with E-state index in [0.29, 0.717) is 29.7 Å². The fourth-order valence-electron chi connectivity index (χ4n) is 6.14. The Morgan fingerprint density at radius 3 is 2.25 bits per heavy atom. The van der Waals surface area contributed by atoms with Crippen LogP contribution < -0.4 is 16.4 Å². The lowest BCUT2D eigenvalue weighted by Gasteiger charge is -2.22. The third kappa shape index (κ3) is 6.49. The van der Waals surface area contributed by atoms with Gasteiger partial charge in [-0.2, -0.15) is 0 Å². The van der Waals surface area contributed by atoms with Crippen LogP contribution in [-0.2, 0) is 24.0 Å². The molecule has 0 saturated heterocycles. The molecule has 1 aliphatic rings. The predicted octanol–water partition coefficient (Wildman–Crippen LogP) is 6.48. The number of pyridine rings is 1. The largest absolute Gasteiger partial charge is 0.507 e. The van der Waals surface area contributed by atoms with Crippen LogP contribution in [0, 0.1) is 19.8 Å². The van der Waals surface area contributed by atoms with Crippen LogP contribution in [0.3, 0.4) is 0 Å². The molecular weight excluding hydrogens is 618 g/mol. The van der Waals surface area contributed by atoms with Gasteiger partial charge in [-0.3, -0.25) is 14.4 Å². The number of fused-ring (bicyclic) bond motifs is 5. The summed E-state index contributed by atoms with van der Waals surface area (Å²) in [5.41, 5.74) is 3.97. The molecule has 2 aromatic carbocycles. The number of rotatable bonds is 7. The van der Waals surface area contributed by atoms with E-state index in [1.54, 1.807) is 6.07 Å². The Balaban J connectivity index is 0.000000190. The average molecular weight is 658 g/mol. The van der Waals surface area contributed by atoms with E-state index in [4.69, 9.17) is 18.7 Å². The first-order valence-electron chi connectivity index (χ1n) is 16.2. The highest BCUT2D eigenvalue weighted by Gasteiger charge is 2.25. The molecule has 0 unspecified atom stereocenters. The Bertz CT molecular complexity index is 2250. The molecule has 1 aliphatic carbocycles. The number of hydrogen-bond acceptors (Lipinski definition) is 9. The number of carboxylic acid groups (broad SMARTS) is 1. The summed E-state index contributed by atoms with van der Waals surface area (Å²) in [6.45, 7) is 10.1. The number of phenols is 1. The van der Waals surface area contributed by atoms with Gasteiger partial charge < -0.3 is 28.8 Å². The minimum absolute atomic E-state index is 0.0322. The number of carbonyl (C=O) groups excluding carboxylic acids is 1. The summed E-state index contributed by atoms with van der Waals surface area (Å²) in [6.07, 6.45) is 5.85. The summed E-state index contributed by atoms with van der Waals surface area (Å²) in [6, 6.07) is 5.60. The van der Waals surface area contributed by atoms with Gasteiger partial charge >= 0.3 is 11.9 Å². The number of nitrogens with one attached hydrogen (secondary N) is 1. The van der Waals surface area contributed by atoms with E-state index in [9.17, 15) is 29.1 Å². The molecular formula is C37H39NO10. The van der Waals surface area contributed by atoms with Gasteiger partial charge in [0.1, 0.15) is 22.1 Å². The highest BCUT2D eigenvalue weighted by Crippen LogP contribution is 2.39. The van der Waals surface area contributed by atoms with Crippen LogP contribution in [0.1, 0.15) is 95.4 Å². The highest BCUT2D eigenvalue weighted by molar-refractivity contribution is 6.03. The number of H-pyrrole nitrogens is 1. The number of aromatic amines is 1. The van der Waals surface area contributed by atoms with Gasteiger partial charge in [-0.25, -0.2) is 9.59 Å². The second-order valence-electron chi connectivity index (χ2n) is 12.6. The third-order valence-electron chi connectivity index (χ3n) is 8.81. The second-order valence-corrected chi connectivity index (χ2v) is 12.6. The predicted molar refractivity (Wildman–Crippen MR) is 182 cm³/mol. The summed E-state index contributed by atoms with van der Waals surface area (Å²) >= 11 is 0. The number of hydrogen-bond donors (Lipinski definition) is 3. The van der Waals surface area contributed by atoms with Crippen LogP contribution >= 0.6 is 0 Å². The Morgan fingerprint density at radius 2 is 1.58 bits per heavy atom. The summed E-state index contributed by atoms with van der Waals surface area (Å²) in [5.74, 6) is -2.21. The molecule has 6 rings (SSSR count). The zero-order valence-electron chi connectivity index (χ0n) is 27.7. The van der Waals surface area contributed by atoms with Crippen molar-refractivity contribution < 1.29 is 33.4 Å². The van der Waals surface area contributed by atoms with Crippen molar-refractivity contribution in [3.05, 3.63) is 94.4 Å². The first-order valence-corrected chi connectivity index (χ1v) is 16.2. The van der Waals surface area contributed by atoms with Gasteiger partial charge in [0.25, 0.3) is 5.56 Å². The van der Waals surface area contributed by atoms with Crippen molar-refractivity contribution in [2.24, 2.45) is 5.92 Å². The van der Waals surface area contributed by atoms with Crippen molar-refractivity contribution in [1.82, 2.24) is 4.98 Å². The number of phenolic OH excluding ortho intramolecular Hbond substituents is 1. The normalized spacial score (nSPS) is 12.6. The van der Waals surface area contributed by atoms with Gasteiger partial charge in [0.05, 0.1) is 12.1 Å². The van der Waals surface area contributed by atoms with Gasteiger partial charge in [-0.1, -0.05) is 33.3 Å². The molecule has 0 bridgehead atoms. The maximum atomic E-state index is 12.4. The molecule has 0 radical (unpaired) electrons. The van der Waals surface area contributed by atoms with E-state index in [-0.39, 0.29) is 45.8 Å². The molecule has 3 aromatic heterocycles. The van der Waals surface area contributed by atoms with Crippen LogP contribution in [0.4, 0.5) is 0 Å². The van der Waals surface area contributed by atoms with E-state index in [1.807, 2.05) is 40.7 Å². The number of carboxylic acids is 1. The van der Waals surface area contributed by atoms with E-state index in [1.165, 1.54) is 0 Å². The number of aryl methyl sites for hydroxylation is 3. The lowest BCUT2D eigenvalue weighted by molar-refractivity contribution is 0.0452. The SMILES string of the molecule is CCCc1c2c(c(O)c3c(=O)cc(C(=O)O)oc13)CCCC2.Cc1ccc2c([nH]c(=O)c3c(=O)cc(C(=O)OCCC(C)C)oc32)c1C. The van der Waals surface area contributed by atoms with E-state index in [0.717, 1.165) is 72.1 Å². The zero-order chi connectivity index (χ0) is 34.9. The van der Waals surface area contributed by atoms with Crippen LogP contribution in [0.5, 0.6) is 5.75 Å². The van der Waals surface area contributed by atoms with Crippen LogP contribution in [0.25, 0.3) is 32.8 Å². The minimum atomic E-state index is -1.28. The highest BCUT2D eigenvalue weighted by atomic mass is 16.5. The number of esters is 1. The first-order chi connectivity index (χ1) is 22.8. The molecule has 3 heterocycles. The molecule has 0 amide bonds. The van der Waals surface area contributed by atoms with E-state index < -0.39 is 28.4 Å². The standard InChI is InChI=1S/C20H21NO5.C17H18O5/c1-10(2)7-8-25-20(24)15-9-14(22)16-18(26-15)13-6-5-11(3)12(4)17(13)21-19(16)23;1-2-5-11-9-6-3-4-7-10(9)15(19)14-12(18)8-13(17(20)21)22-16(11)14/h5-6,9-10H,7-8H2,1-4H3,(H,21,23);8,19H,2-7H2,1H3,(H,20,21). The van der Waals surface area contributed by atoms with Crippen molar-refractivity contribution in [2.75, 3.05) is 6.61 Å². The molecule has 11 heteroatoms. The van der Waals surface area contributed by atoms with Crippen molar-refractivity contribution in [2.45, 2.75) is 79.6 Å². The van der Waals surface area contributed by atoms with Crippen LogP contribution in [0.2, 0.25) is 0 Å². The quantitative estimate of drug-likeness (QED) is 0.130. The maximum absolute atomic E-state index is 12.4. The number of aromatic carboxylic acids is 1. The zero-order valence-corrected chi connectivity index (χ0v) is 27.7. The monoisotopic (exact) mass is 657 g/mol. The first kappa shape index (κ1) is 34.2. The Labute approximate surface area is 275 Å². The average Bonchev–Trinajstić information content (AvgIpc) is 3.04. The summed E-state index contributed by atoms with van der Waals surface area (Å²) < 4.78 is 16.3. The van der Waals surface area contributed by atoms with Crippen LogP contribution in [-0.4, -0.2) is 33.7 Å². The fourth-order valence-corrected chi connectivity index (χ4v) is 6.14. The molecule has 0 spiro atoms. The van der Waals surface area contributed by atoms with E-state index in [2.05, 4.69) is 4.98 Å². The molecule has 0 saturated carbocycles. The molecule has 3 N–H and O–H groups in total. The third-order valence-corrected chi connectivity index (χ3v) is 8.81. The topological polar surface area (TPSA) is 177 Å². The number of ether oxygens (including phenoxy) is 1. The summed E-state index contributed by atoms with van der Waals surface area (Å²) in [7, 11) is 0. The van der Waals surface area contributed by atoms with Crippen molar-refractivity contribution in [3.8, 4) is 5.75 Å². The molecule has 48 heavy (non-hydrogen) atoms. The smallest absolute Gasteiger partial charge is 0.374 e. The van der Waals surface area contributed by atoms with Gasteiger partial charge in [-0.05, 0) is 92.2 Å². The maximum Gasteiger partial charge on any atom is 0.374 e. The van der Waals surface area contributed by atoms with Crippen molar-refractivity contribution in [1.29, 1.82) is 0 Å². The molecule has 252 valence electrons. The Morgan fingerprint density at radius 1 is 0.938 bits per heavy atom.